The average molecular weight is 262 g/mol. The number of nitrogens with one attached hydrogen (secondary N) is 2. The van der Waals surface area contributed by atoms with Crippen molar-refractivity contribution in [3.05, 3.63) is 23.9 Å². The fraction of sp³-hybridized carbons (Fsp3) is 0.273. The molecule has 0 unspecified atom stereocenters. The van der Waals surface area contributed by atoms with Gasteiger partial charge in [-0.1, -0.05) is 0 Å². The predicted octanol–water partition coefficient (Wildman–Crippen LogP) is 0.527. The Morgan fingerprint density at radius 2 is 2.21 bits per heavy atom. The molecule has 0 fully saturated rings. The molecular formula is C11H14N6O2. The molecule has 0 spiro atoms. The first kappa shape index (κ1) is 12.8. The van der Waals surface area contributed by atoms with E-state index in [-0.39, 0.29) is 17.9 Å². The van der Waals surface area contributed by atoms with Gasteiger partial charge in [-0.25, -0.2) is 10.1 Å². The number of carbonyl (C=O) groups is 1. The molecule has 0 bridgehead atoms. The summed E-state index contributed by atoms with van der Waals surface area (Å²) in [7, 11) is 5.20. The van der Waals surface area contributed by atoms with Crippen molar-refractivity contribution < 1.29 is 9.53 Å². The van der Waals surface area contributed by atoms with E-state index in [0.717, 1.165) is 5.82 Å². The van der Waals surface area contributed by atoms with Crippen LogP contribution < -0.4 is 15.0 Å². The first-order valence-corrected chi connectivity index (χ1v) is 5.51. The van der Waals surface area contributed by atoms with Crippen LogP contribution in [0.15, 0.2) is 18.3 Å². The van der Waals surface area contributed by atoms with Crippen LogP contribution in [0.1, 0.15) is 10.4 Å². The van der Waals surface area contributed by atoms with E-state index in [4.69, 9.17) is 4.74 Å². The average Bonchev–Trinajstić information content (AvgIpc) is 2.86. The van der Waals surface area contributed by atoms with E-state index in [9.17, 15) is 4.79 Å². The minimum atomic E-state index is -0.323. The number of carbonyl (C=O) groups excluding carboxylic acids is 1. The molecule has 1 amide bonds. The van der Waals surface area contributed by atoms with Gasteiger partial charge in [0.15, 0.2) is 0 Å². The molecule has 2 rings (SSSR count). The number of methoxy groups -OCH3 is 1. The molecule has 0 aliphatic carbocycles. The van der Waals surface area contributed by atoms with Crippen molar-refractivity contribution in [2.45, 2.75) is 0 Å². The Labute approximate surface area is 109 Å². The lowest BCUT2D eigenvalue weighted by molar-refractivity contribution is 0.102. The molecular weight excluding hydrogens is 248 g/mol. The number of aromatic nitrogens is 4. The van der Waals surface area contributed by atoms with E-state index in [0.29, 0.717) is 5.56 Å². The highest BCUT2D eigenvalue weighted by Crippen LogP contribution is 2.10. The minimum absolute atomic E-state index is 0.163. The fourth-order valence-corrected chi connectivity index (χ4v) is 1.36. The molecule has 2 aromatic heterocycles. The Morgan fingerprint density at radius 3 is 2.74 bits per heavy atom. The van der Waals surface area contributed by atoms with Gasteiger partial charge in [-0.05, 0) is 12.1 Å². The number of anilines is 2. The minimum Gasteiger partial charge on any atom is -0.466 e. The largest absolute Gasteiger partial charge is 0.466 e. The summed E-state index contributed by atoms with van der Waals surface area (Å²) in [5, 5.41) is 8.82. The molecule has 0 aromatic carbocycles. The Bertz CT molecular complexity index is 563. The van der Waals surface area contributed by atoms with Gasteiger partial charge >= 0.3 is 6.01 Å². The van der Waals surface area contributed by atoms with E-state index >= 15 is 0 Å². The van der Waals surface area contributed by atoms with Crippen molar-refractivity contribution in [3.8, 4) is 6.01 Å². The lowest BCUT2D eigenvalue weighted by atomic mass is 10.2. The van der Waals surface area contributed by atoms with Gasteiger partial charge in [-0.3, -0.25) is 10.1 Å². The van der Waals surface area contributed by atoms with Gasteiger partial charge in [0.25, 0.3) is 5.91 Å². The molecule has 8 heteroatoms. The third-order valence-electron chi connectivity index (χ3n) is 2.35. The van der Waals surface area contributed by atoms with Crippen molar-refractivity contribution in [2.24, 2.45) is 0 Å². The normalized spacial score (nSPS) is 10.1. The zero-order valence-corrected chi connectivity index (χ0v) is 10.8. The maximum Gasteiger partial charge on any atom is 0.336 e. The van der Waals surface area contributed by atoms with Crippen LogP contribution in [0, 0.1) is 0 Å². The smallest absolute Gasteiger partial charge is 0.336 e. The van der Waals surface area contributed by atoms with E-state index in [1.807, 2.05) is 19.0 Å². The van der Waals surface area contributed by atoms with E-state index < -0.39 is 0 Å². The van der Waals surface area contributed by atoms with Crippen molar-refractivity contribution in [2.75, 3.05) is 31.4 Å². The van der Waals surface area contributed by atoms with Crippen molar-refractivity contribution >= 4 is 17.7 Å². The molecule has 2 heterocycles. The van der Waals surface area contributed by atoms with E-state index in [2.05, 4.69) is 25.5 Å². The third kappa shape index (κ3) is 2.97. The van der Waals surface area contributed by atoms with Crippen LogP contribution in [-0.4, -0.2) is 47.3 Å². The standard InChI is InChI=1S/C11H14N6O2/c1-17(2)8-5-4-7(6-12-8)9(18)13-10-14-11(19-3)16-15-10/h4-6H,1-3H3,(H2,13,14,15,16,18). The summed E-state index contributed by atoms with van der Waals surface area (Å²) in [5.74, 6) is 0.674. The molecule has 0 atom stereocenters. The molecule has 8 nitrogen and oxygen atoms in total. The zero-order valence-electron chi connectivity index (χ0n) is 10.8. The molecule has 0 aliphatic rings. The molecule has 2 aromatic rings. The van der Waals surface area contributed by atoms with E-state index in [1.54, 1.807) is 12.1 Å². The first-order valence-electron chi connectivity index (χ1n) is 5.51. The first-order chi connectivity index (χ1) is 9.10. The van der Waals surface area contributed by atoms with Crippen LogP contribution in [-0.2, 0) is 0 Å². The van der Waals surface area contributed by atoms with Crippen LogP contribution >= 0.6 is 0 Å². The Kier molecular flexibility index (Phi) is 3.60. The zero-order chi connectivity index (χ0) is 13.8. The topological polar surface area (TPSA) is 96.0 Å². The highest BCUT2D eigenvalue weighted by Gasteiger charge is 2.10. The second kappa shape index (κ2) is 5.34. The van der Waals surface area contributed by atoms with Crippen LogP contribution in [0.4, 0.5) is 11.8 Å². The number of ether oxygens (including phenoxy) is 1. The highest BCUT2D eigenvalue weighted by atomic mass is 16.5. The number of pyridine rings is 1. The van der Waals surface area contributed by atoms with Gasteiger partial charge < -0.3 is 9.64 Å². The summed E-state index contributed by atoms with van der Waals surface area (Å²) in [4.78, 5) is 21.8. The molecule has 0 radical (unpaired) electrons. The maximum atomic E-state index is 11.9. The summed E-state index contributed by atoms with van der Waals surface area (Å²) < 4.78 is 4.80. The van der Waals surface area contributed by atoms with Gasteiger partial charge in [0, 0.05) is 20.3 Å². The van der Waals surface area contributed by atoms with Gasteiger partial charge in [0.2, 0.25) is 5.95 Å². The molecule has 2 N–H and O–H groups in total. The number of nitrogens with zero attached hydrogens (tertiary/aromatic N) is 4. The molecule has 0 saturated carbocycles. The summed E-state index contributed by atoms with van der Waals surface area (Å²) >= 11 is 0. The third-order valence-corrected chi connectivity index (χ3v) is 2.35. The molecule has 0 saturated heterocycles. The fourth-order valence-electron chi connectivity index (χ4n) is 1.36. The Morgan fingerprint density at radius 1 is 1.42 bits per heavy atom. The monoisotopic (exact) mass is 262 g/mol. The van der Waals surface area contributed by atoms with Gasteiger partial charge in [0.1, 0.15) is 5.82 Å². The summed E-state index contributed by atoms with van der Waals surface area (Å²) in [6.07, 6.45) is 1.50. The van der Waals surface area contributed by atoms with Crippen molar-refractivity contribution in [1.82, 2.24) is 20.2 Å². The predicted molar refractivity (Wildman–Crippen MR) is 69.5 cm³/mol. The number of rotatable bonds is 4. The number of H-pyrrole nitrogens is 1. The lowest BCUT2D eigenvalue weighted by Crippen LogP contribution is -2.15. The summed E-state index contributed by atoms with van der Waals surface area (Å²) in [6, 6.07) is 3.61. The van der Waals surface area contributed by atoms with E-state index in [1.165, 1.54) is 13.3 Å². The SMILES string of the molecule is COc1n[nH]c(NC(=O)c2ccc(N(C)C)nc2)n1. The molecule has 100 valence electrons. The molecule has 0 aliphatic heterocycles. The van der Waals surface area contributed by atoms with Gasteiger partial charge in [0.05, 0.1) is 12.7 Å². The second-order valence-corrected chi connectivity index (χ2v) is 3.92. The van der Waals surface area contributed by atoms with Gasteiger partial charge in [-0.2, -0.15) is 4.98 Å². The Balaban J connectivity index is 2.07. The number of amides is 1. The van der Waals surface area contributed by atoms with Crippen LogP contribution in [0.3, 0.4) is 0 Å². The Hall–Kier alpha value is -2.64. The second-order valence-electron chi connectivity index (χ2n) is 3.92. The quantitative estimate of drug-likeness (QED) is 0.834. The van der Waals surface area contributed by atoms with Crippen LogP contribution in [0.25, 0.3) is 0 Å². The van der Waals surface area contributed by atoms with Crippen LogP contribution in [0.5, 0.6) is 6.01 Å². The highest BCUT2D eigenvalue weighted by molar-refractivity contribution is 6.03. The molecule has 19 heavy (non-hydrogen) atoms. The number of hydrogen-bond donors (Lipinski definition) is 2. The maximum absolute atomic E-state index is 11.9. The number of hydrogen-bond acceptors (Lipinski definition) is 6. The number of aromatic amines is 1. The summed E-state index contributed by atoms with van der Waals surface area (Å²) in [5.41, 5.74) is 0.431. The lowest BCUT2D eigenvalue weighted by Gasteiger charge is -2.10. The van der Waals surface area contributed by atoms with Crippen molar-refractivity contribution in [3.63, 3.8) is 0 Å². The van der Waals surface area contributed by atoms with Gasteiger partial charge in [-0.15, -0.1) is 5.10 Å². The summed E-state index contributed by atoms with van der Waals surface area (Å²) in [6.45, 7) is 0. The van der Waals surface area contributed by atoms with Crippen molar-refractivity contribution in [1.29, 1.82) is 0 Å². The van der Waals surface area contributed by atoms with Crippen LogP contribution in [0.2, 0.25) is 0 Å².